The van der Waals surface area contributed by atoms with Crippen LogP contribution >= 0.6 is 0 Å². The monoisotopic (exact) mass is 1650 g/mol. The molecule has 0 amide bonds. The largest absolute Gasteiger partial charge is 0.488 e. The van der Waals surface area contributed by atoms with Gasteiger partial charge in [0.2, 0.25) is 5.89 Å². The van der Waals surface area contributed by atoms with Crippen molar-refractivity contribution in [1.29, 1.82) is 0 Å². The van der Waals surface area contributed by atoms with Crippen LogP contribution in [-0.2, 0) is 50.6 Å². The Kier molecular flexibility index (Phi) is 21.9. The van der Waals surface area contributed by atoms with Gasteiger partial charge in [0.05, 0.1) is 122 Å². The van der Waals surface area contributed by atoms with Gasteiger partial charge in [-0.1, -0.05) is 24.3 Å². The number of benzene rings is 4. The zero-order chi connectivity index (χ0) is 83.1. The summed E-state index contributed by atoms with van der Waals surface area (Å²) in [5.74, 6) is 9.22. The van der Waals surface area contributed by atoms with Crippen LogP contribution in [0.15, 0.2) is 199 Å². The molecular weight excluding hydrogens is 1550 g/mol. The third-order valence-electron chi connectivity index (χ3n) is 25.3. The Morgan fingerprint density at radius 2 is 0.764 bits per heavy atom. The highest BCUT2D eigenvalue weighted by molar-refractivity contribution is 6.16. The minimum atomic E-state index is 0.00137. The van der Waals surface area contributed by atoms with E-state index >= 15 is 0 Å². The third kappa shape index (κ3) is 18.6. The molecule has 12 aliphatic rings. The van der Waals surface area contributed by atoms with Crippen molar-refractivity contribution in [3.63, 3.8) is 0 Å². The number of hydrogen-bond donors (Lipinski definition) is 0. The van der Waals surface area contributed by atoms with E-state index in [9.17, 15) is 0 Å². The molecule has 632 valence electrons. The number of hydrogen-bond acceptors (Lipinski definition) is 29. The molecule has 4 aromatic carbocycles. The Morgan fingerprint density at radius 3 is 1.11 bits per heavy atom. The lowest BCUT2D eigenvalue weighted by atomic mass is 10.0. The summed E-state index contributed by atoms with van der Waals surface area (Å²) in [6.07, 6.45) is 23.8. The van der Waals surface area contributed by atoms with E-state index in [1.54, 1.807) is 50.3 Å². The minimum absolute atomic E-state index is 0.00137. The van der Waals surface area contributed by atoms with Gasteiger partial charge in [-0.05, 0) is 169 Å². The summed E-state index contributed by atoms with van der Waals surface area (Å²) < 4.78 is 46.2. The molecule has 8 fully saturated rings. The van der Waals surface area contributed by atoms with Crippen LogP contribution in [0.4, 0.5) is 23.3 Å². The number of furan rings is 1. The summed E-state index contributed by atoms with van der Waals surface area (Å²) in [5, 5.41) is 0. The van der Waals surface area contributed by atoms with Crippen LogP contribution in [0.5, 0.6) is 23.0 Å². The first kappa shape index (κ1) is 79.3. The first-order chi connectivity index (χ1) is 60.1. The van der Waals surface area contributed by atoms with Crippen molar-refractivity contribution in [2.45, 2.75) is 160 Å². The molecule has 4 saturated heterocycles. The molecule has 29 heteroatoms. The van der Waals surface area contributed by atoms with Crippen LogP contribution in [0.25, 0.3) is 0 Å². The van der Waals surface area contributed by atoms with Gasteiger partial charge < -0.3 is 56.5 Å². The summed E-state index contributed by atoms with van der Waals surface area (Å²) in [5.41, 5.74) is 17.6. The minimum Gasteiger partial charge on any atom is -0.488 e. The highest BCUT2D eigenvalue weighted by Crippen LogP contribution is 2.45. The quantitative estimate of drug-likeness (QED) is 0.0609. The van der Waals surface area contributed by atoms with Crippen molar-refractivity contribution in [3.8, 4) is 23.0 Å². The molecule has 7 aromatic heterocycles. The van der Waals surface area contributed by atoms with Gasteiger partial charge in [-0.2, -0.15) is 0 Å². The molecular formula is C94H103N21O8. The van der Waals surface area contributed by atoms with Gasteiger partial charge in [0.25, 0.3) is 0 Å². The molecule has 4 aliphatic carbocycles. The van der Waals surface area contributed by atoms with Crippen LogP contribution < -0.4 is 38.5 Å². The van der Waals surface area contributed by atoms with Crippen molar-refractivity contribution in [2.75, 3.05) is 118 Å². The predicted octanol–water partition coefficient (Wildman–Crippen LogP) is 12.8. The van der Waals surface area contributed by atoms with Crippen LogP contribution in [0, 0.1) is 0 Å². The first-order valence-electron chi connectivity index (χ1n) is 43.4. The summed E-state index contributed by atoms with van der Waals surface area (Å²) in [7, 11) is 0. The van der Waals surface area contributed by atoms with Crippen molar-refractivity contribution >= 4 is 46.1 Å². The molecule has 8 aliphatic heterocycles. The molecule has 29 nitrogen and oxygen atoms in total. The molecule has 1 atom stereocenters. The van der Waals surface area contributed by atoms with Gasteiger partial charge >= 0.3 is 0 Å². The van der Waals surface area contributed by atoms with Crippen LogP contribution in [0.1, 0.15) is 171 Å². The Bertz CT molecular complexity index is 5300. The lowest BCUT2D eigenvalue weighted by molar-refractivity contribution is 0.0985. The molecule has 0 N–H and O–H groups in total. The van der Waals surface area contributed by atoms with E-state index in [-0.39, 0.29) is 22.4 Å². The summed E-state index contributed by atoms with van der Waals surface area (Å²) >= 11 is 0. The smallest absolute Gasteiger partial charge is 0.208 e. The van der Waals surface area contributed by atoms with E-state index < -0.39 is 0 Å². The molecule has 11 aromatic rings. The zero-order valence-electron chi connectivity index (χ0n) is 70.5. The van der Waals surface area contributed by atoms with Gasteiger partial charge in [-0.3, -0.25) is 34.7 Å². The number of nitrogens with zero attached hydrogens (tertiary/aromatic N) is 21. The Balaban J connectivity index is 0.000000104. The zero-order valence-corrected chi connectivity index (χ0v) is 70.5. The molecule has 0 spiro atoms. The number of ether oxygens (including phenoxy) is 5. The number of anilines is 4. The number of aromatic nitrogens is 10. The first-order valence-corrected chi connectivity index (χ1v) is 43.4. The van der Waals surface area contributed by atoms with E-state index in [1.165, 1.54) is 28.6 Å². The molecule has 4 saturated carbocycles. The normalized spacial score (nSPS) is 20.3. The van der Waals surface area contributed by atoms with E-state index in [1.807, 2.05) is 18.2 Å². The molecule has 123 heavy (non-hydrogen) atoms. The van der Waals surface area contributed by atoms with Crippen LogP contribution in [0.3, 0.4) is 0 Å². The second-order valence-corrected chi connectivity index (χ2v) is 35.1. The number of rotatable bonds is 22. The number of oxazole rings is 2. The van der Waals surface area contributed by atoms with E-state index in [0.717, 1.165) is 301 Å². The lowest BCUT2D eigenvalue weighted by Crippen LogP contribution is -2.46. The van der Waals surface area contributed by atoms with Crippen molar-refractivity contribution < 1.29 is 36.9 Å². The summed E-state index contributed by atoms with van der Waals surface area (Å²) in [4.78, 5) is 80.3. The van der Waals surface area contributed by atoms with Crippen LogP contribution in [-0.4, -0.2) is 214 Å². The van der Waals surface area contributed by atoms with E-state index in [4.69, 9.17) is 56.9 Å². The number of morpholine rings is 1. The maximum atomic E-state index is 6.18. The van der Waals surface area contributed by atoms with Gasteiger partial charge in [0, 0.05) is 138 Å². The fourth-order valence-corrected chi connectivity index (χ4v) is 16.8. The standard InChI is InChI=1S/C25H27N5O2.2C24H26N6O2.C21H24N4O2/c1-25(6-7-25)32-19-5-4-18-15-26-24(21(18)13-19)22-14-23(28-17-27-22)30-10-8-29(9-11-30)16-20-3-2-12-31-20;1-24(4-5-24)32-18-3-2-17-14-26-23(19(17)12-18)20-13-21(28-16-27-20)30-9-7-29(8-10-30)15-22-25-6-11-31-22;1-24(4-5-24)32-19-3-2-17-12-25-23(20(17)10-19)21-11-22(27-15-26-21)30-8-6-29(7-9-30)13-18-14-31-16-28-18;1-14-12-26-8-7-25(14)19-10-18(23-13-24-19)20-17-9-16(27-21(2)5-6-21)4-3-15(17)11-22-20/h2-5,12-14,17H,6-11,15-16H2,1H3;2-3,6,11-13,16H,4-5,7-10,14-15H2,1H3;2-3,10-11,14-16H,4-9,12-13H2,1H3;3-4,9-10,13-14H,5-8,11-12H2,1-2H3/t;;;14-/m...0/s1. The molecule has 23 rings (SSSR count). The van der Waals surface area contributed by atoms with Gasteiger partial charge in [-0.25, -0.2) is 49.8 Å². The summed E-state index contributed by atoms with van der Waals surface area (Å²) in [6, 6.07) is 37.8. The number of fused-ring (bicyclic) bond motifs is 4. The maximum Gasteiger partial charge on any atom is 0.208 e. The second-order valence-electron chi connectivity index (χ2n) is 35.1. The van der Waals surface area contributed by atoms with E-state index in [0.29, 0.717) is 32.2 Å². The summed E-state index contributed by atoms with van der Waals surface area (Å²) in [6.45, 7) is 29.5. The Hall–Kier alpha value is -12.2. The molecule has 0 radical (unpaired) electrons. The Labute approximate surface area is 715 Å². The molecule has 15 heterocycles. The average molecular weight is 1650 g/mol. The molecule has 0 bridgehead atoms. The predicted molar refractivity (Wildman–Crippen MR) is 466 cm³/mol. The number of aliphatic imine (C=N–C) groups is 4. The lowest BCUT2D eigenvalue weighted by Gasteiger charge is -2.35. The van der Waals surface area contributed by atoms with Crippen molar-refractivity contribution in [3.05, 3.63) is 251 Å². The fourth-order valence-electron chi connectivity index (χ4n) is 16.8. The second kappa shape index (κ2) is 33.9. The molecule has 0 unspecified atom stereocenters. The number of piperazine rings is 3. The third-order valence-corrected chi connectivity index (χ3v) is 25.3. The highest BCUT2D eigenvalue weighted by Gasteiger charge is 2.44. The van der Waals surface area contributed by atoms with Crippen molar-refractivity contribution in [2.24, 2.45) is 20.0 Å². The SMILES string of the molecule is CC1(Oc2ccc3c(c2)C(c2cc(N4CCN(Cc5ccco5)CC4)ncn2)=NC3)CC1.CC1(Oc2ccc3c(c2)C(c2cc(N4CCN(Cc5cocn5)CC4)ncn2)=NC3)CC1.CC1(Oc2ccc3c(c2)C(c2cc(N4CCN(Cc5ncco5)CC4)ncn2)=NC3)CC1.C[C@H]1COCCN1c1cc(C2=NCc3ccc(OC4(C)CC4)cc32)ncn1. The van der Waals surface area contributed by atoms with Crippen molar-refractivity contribution in [1.82, 2.24) is 64.5 Å². The highest BCUT2D eigenvalue weighted by atomic mass is 16.5. The van der Waals surface area contributed by atoms with E-state index in [2.05, 4.69) is 210 Å². The Morgan fingerprint density at radius 1 is 0.382 bits per heavy atom. The maximum absolute atomic E-state index is 6.18. The topological polar surface area (TPSA) is 287 Å². The fraction of sp³-hybridized carbons (Fsp3) is 0.426. The van der Waals surface area contributed by atoms with Gasteiger partial charge in [-0.15, -0.1) is 0 Å². The van der Waals surface area contributed by atoms with Crippen LogP contribution in [0.2, 0.25) is 0 Å². The van der Waals surface area contributed by atoms with Gasteiger partial charge in [0.1, 0.15) is 112 Å². The van der Waals surface area contributed by atoms with Gasteiger partial charge in [0.15, 0.2) is 6.39 Å². The average Bonchev–Trinajstić information content (AvgIpc) is 1.68.